The number of nitrogens with zero attached hydrogens (tertiary/aromatic N) is 2. The summed E-state index contributed by atoms with van der Waals surface area (Å²) >= 11 is 6.01. The number of methoxy groups -OCH3 is 2. The van der Waals surface area contributed by atoms with Crippen molar-refractivity contribution in [3.63, 3.8) is 0 Å². The van der Waals surface area contributed by atoms with E-state index in [1.165, 1.54) is 18.9 Å². The van der Waals surface area contributed by atoms with Crippen LogP contribution < -0.4 is 9.46 Å². The quantitative estimate of drug-likeness (QED) is 0.539. The van der Waals surface area contributed by atoms with Gasteiger partial charge < -0.3 is 14.4 Å². The molecule has 9 heteroatoms. The van der Waals surface area contributed by atoms with Crippen molar-refractivity contribution >= 4 is 27.3 Å². The largest absolute Gasteiger partial charge is 0.495 e. The highest BCUT2D eigenvalue weighted by Gasteiger charge is 2.22. The minimum atomic E-state index is -3.84. The number of halogens is 1. The van der Waals surface area contributed by atoms with Gasteiger partial charge in [-0.3, -0.25) is 9.62 Å². The molecule has 1 fully saturated rings. The first-order valence-corrected chi connectivity index (χ1v) is 13.6. The smallest absolute Gasteiger partial charge is 0.265 e. The van der Waals surface area contributed by atoms with E-state index in [1.54, 1.807) is 31.4 Å². The van der Waals surface area contributed by atoms with Gasteiger partial charge in [-0.15, -0.1) is 0 Å². The Kier molecular flexibility index (Phi) is 8.26. The minimum Gasteiger partial charge on any atom is -0.495 e. The zero-order valence-electron chi connectivity index (χ0n) is 20.2. The lowest BCUT2D eigenvalue weighted by molar-refractivity contribution is 0.243. The predicted molar refractivity (Wildman–Crippen MR) is 139 cm³/mol. The molecule has 1 heterocycles. The molecule has 0 spiro atoms. The second kappa shape index (κ2) is 11.4. The summed E-state index contributed by atoms with van der Waals surface area (Å²) in [6, 6.07) is 12.0. The molecule has 1 aliphatic carbocycles. The molecule has 0 unspecified atom stereocenters. The van der Waals surface area contributed by atoms with Crippen molar-refractivity contribution in [1.29, 1.82) is 0 Å². The van der Waals surface area contributed by atoms with Gasteiger partial charge in [0.05, 0.1) is 19.9 Å². The van der Waals surface area contributed by atoms with Crippen LogP contribution in [-0.4, -0.2) is 58.6 Å². The lowest BCUT2D eigenvalue weighted by atomic mass is 10.1. The molecule has 2 aliphatic rings. The molecule has 1 saturated heterocycles. The van der Waals surface area contributed by atoms with Crippen molar-refractivity contribution in [3.8, 4) is 5.75 Å². The average Bonchev–Trinajstić information content (AvgIpc) is 3.10. The van der Waals surface area contributed by atoms with Crippen molar-refractivity contribution in [1.82, 2.24) is 9.80 Å². The molecule has 7 nitrogen and oxygen atoms in total. The van der Waals surface area contributed by atoms with Crippen LogP contribution in [0.15, 0.2) is 71.0 Å². The number of anilines is 1. The van der Waals surface area contributed by atoms with Crippen LogP contribution in [0.5, 0.6) is 5.75 Å². The van der Waals surface area contributed by atoms with Gasteiger partial charge in [0.1, 0.15) is 16.4 Å². The van der Waals surface area contributed by atoms with Gasteiger partial charge in [-0.05, 0) is 61.2 Å². The van der Waals surface area contributed by atoms with Gasteiger partial charge in [0.15, 0.2) is 0 Å². The zero-order valence-corrected chi connectivity index (χ0v) is 21.7. The number of allylic oxidation sites excluding steroid dienone is 2. The predicted octanol–water partition coefficient (Wildman–Crippen LogP) is 4.87. The highest BCUT2D eigenvalue weighted by molar-refractivity contribution is 7.92. The molecular weight excluding hydrogens is 486 g/mol. The third-order valence-electron chi connectivity index (χ3n) is 6.26. The fourth-order valence-corrected chi connectivity index (χ4v) is 5.98. The van der Waals surface area contributed by atoms with E-state index in [4.69, 9.17) is 21.1 Å². The third-order valence-corrected chi connectivity index (χ3v) is 7.90. The summed E-state index contributed by atoms with van der Waals surface area (Å²) in [6.45, 7) is 4.74. The normalized spacial score (nSPS) is 17.3. The van der Waals surface area contributed by atoms with Crippen LogP contribution >= 0.6 is 11.6 Å². The van der Waals surface area contributed by atoms with Crippen LogP contribution in [0, 0.1) is 0 Å². The van der Waals surface area contributed by atoms with Gasteiger partial charge in [-0.2, -0.15) is 0 Å². The molecule has 188 valence electrons. The second-order valence-corrected chi connectivity index (χ2v) is 10.7. The Balaban J connectivity index is 1.37. The van der Waals surface area contributed by atoms with Crippen molar-refractivity contribution < 1.29 is 17.9 Å². The van der Waals surface area contributed by atoms with Crippen LogP contribution in [0.2, 0.25) is 5.02 Å². The Morgan fingerprint density at radius 1 is 0.943 bits per heavy atom. The van der Waals surface area contributed by atoms with E-state index >= 15 is 0 Å². The van der Waals surface area contributed by atoms with E-state index in [0.717, 1.165) is 63.3 Å². The number of nitrogens with one attached hydrogen (secondary N) is 1. The molecule has 2 aromatic rings. The van der Waals surface area contributed by atoms with Crippen molar-refractivity contribution in [2.45, 2.75) is 30.7 Å². The van der Waals surface area contributed by atoms with E-state index in [0.29, 0.717) is 10.7 Å². The summed E-state index contributed by atoms with van der Waals surface area (Å²) in [4.78, 5) is 4.87. The maximum atomic E-state index is 12.9. The second-order valence-electron chi connectivity index (χ2n) is 8.65. The lowest BCUT2D eigenvalue weighted by Gasteiger charge is -2.28. The monoisotopic (exact) mass is 517 g/mol. The van der Waals surface area contributed by atoms with Crippen LogP contribution in [0.1, 0.15) is 24.8 Å². The maximum absolute atomic E-state index is 12.9. The van der Waals surface area contributed by atoms with Gasteiger partial charge in [-0.25, -0.2) is 8.42 Å². The zero-order chi connectivity index (χ0) is 24.8. The summed E-state index contributed by atoms with van der Waals surface area (Å²) in [5.74, 6) is 1.23. The molecule has 4 rings (SSSR count). The standard InChI is InChI=1S/C26H32ClN3O4S/c1-33-24-7-4-3-6-23(24)30-15-5-14-29(16-17-30)19-20-8-11-22(12-9-20)28-35(31,32)26-18-21(27)10-13-25(26)34-2/h6-13,18,28H,3-5,14-17,19H2,1-2H3. The number of hydrogen-bond acceptors (Lipinski definition) is 6. The van der Waals surface area contributed by atoms with E-state index in [9.17, 15) is 8.42 Å². The van der Waals surface area contributed by atoms with E-state index in [2.05, 4.69) is 26.7 Å². The Hall–Kier alpha value is -2.68. The van der Waals surface area contributed by atoms with Crippen LogP contribution in [0.3, 0.4) is 0 Å². The molecule has 0 aromatic heterocycles. The van der Waals surface area contributed by atoms with Crippen LogP contribution in [0.25, 0.3) is 0 Å². The maximum Gasteiger partial charge on any atom is 0.265 e. The van der Waals surface area contributed by atoms with Gasteiger partial charge in [0, 0.05) is 43.4 Å². The Morgan fingerprint density at radius 2 is 1.71 bits per heavy atom. The van der Waals surface area contributed by atoms with Gasteiger partial charge >= 0.3 is 0 Å². The van der Waals surface area contributed by atoms with Crippen molar-refractivity contribution in [2.24, 2.45) is 0 Å². The Bertz CT molecular complexity index is 1200. The first kappa shape index (κ1) is 25.4. The molecule has 1 N–H and O–H groups in total. The van der Waals surface area contributed by atoms with Gasteiger partial charge in [0.25, 0.3) is 10.0 Å². The fraction of sp³-hybridized carbons (Fsp3) is 0.385. The molecule has 0 amide bonds. The number of benzene rings is 2. The molecule has 35 heavy (non-hydrogen) atoms. The van der Waals surface area contributed by atoms with E-state index < -0.39 is 10.0 Å². The number of rotatable bonds is 8. The van der Waals surface area contributed by atoms with Gasteiger partial charge in [0.2, 0.25) is 0 Å². The molecule has 0 bridgehead atoms. The first-order chi connectivity index (χ1) is 16.9. The fourth-order valence-electron chi connectivity index (χ4n) is 4.49. The summed E-state index contributed by atoms with van der Waals surface area (Å²) < 4.78 is 39.2. The molecular formula is C26H32ClN3O4S. The molecule has 0 radical (unpaired) electrons. The number of ether oxygens (including phenoxy) is 2. The molecule has 2 aromatic carbocycles. The summed E-state index contributed by atoms with van der Waals surface area (Å²) in [7, 11) is -0.673. The topological polar surface area (TPSA) is 71.1 Å². The number of hydrogen-bond donors (Lipinski definition) is 1. The van der Waals surface area contributed by atoms with Crippen molar-refractivity contribution in [2.75, 3.05) is 45.1 Å². The first-order valence-electron chi connectivity index (χ1n) is 11.8. The SMILES string of the molecule is COC1=CCCC=C1N1CCCN(Cc2ccc(NS(=O)(=O)c3cc(Cl)ccc3OC)cc2)CC1. The molecule has 0 saturated carbocycles. The van der Waals surface area contributed by atoms with E-state index in [-0.39, 0.29) is 10.6 Å². The highest BCUT2D eigenvalue weighted by atomic mass is 35.5. The summed E-state index contributed by atoms with van der Waals surface area (Å²) in [5, 5.41) is 0.326. The number of sulfonamides is 1. The van der Waals surface area contributed by atoms with Crippen LogP contribution in [0.4, 0.5) is 5.69 Å². The minimum absolute atomic E-state index is 0.00486. The summed E-state index contributed by atoms with van der Waals surface area (Å²) in [6.07, 6.45) is 7.63. The van der Waals surface area contributed by atoms with Crippen LogP contribution in [-0.2, 0) is 21.3 Å². The van der Waals surface area contributed by atoms with Crippen molar-refractivity contribution in [3.05, 3.63) is 76.7 Å². The molecule has 1 aliphatic heterocycles. The molecule has 0 atom stereocenters. The Morgan fingerprint density at radius 3 is 2.46 bits per heavy atom. The van der Waals surface area contributed by atoms with Gasteiger partial charge in [-0.1, -0.05) is 29.8 Å². The highest BCUT2D eigenvalue weighted by Crippen LogP contribution is 2.29. The summed E-state index contributed by atoms with van der Waals surface area (Å²) in [5.41, 5.74) is 2.84. The third kappa shape index (κ3) is 6.31. The lowest BCUT2D eigenvalue weighted by Crippen LogP contribution is -2.31. The van der Waals surface area contributed by atoms with E-state index in [1.807, 2.05) is 12.1 Å². The Labute approximate surface area is 213 Å². The average molecular weight is 518 g/mol.